The first-order chi connectivity index (χ1) is 16.0. The van der Waals surface area contributed by atoms with Crippen LogP contribution in [0.3, 0.4) is 0 Å². The Hall–Kier alpha value is -3.26. The van der Waals surface area contributed by atoms with E-state index in [1.54, 1.807) is 24.3 Å². The fraction of sp³-hybridized carbons (Fsp3) is 0.320. The molecule has 1 heterocycles. The number of nitrogens with one attached hydrogen (secondary N) is 2. The van der Waals surface area contributed by atoms with Gasteiger partial charge in [0.1, 0.15) is 0 Å². The van der Waals surface area contributed by atoms with Crippen LogP contribution in [0.5, 0.6) is 0 Å². The number of nitrogens with zero attached hydrogens (tertiary/aromatic N) is 2. The molecule has 3 aromatic rings. The lowest BCUT2D eigenvalue weighted by atomic mass is 10.1. The van der Waals surface area contributed by atoms with Crippen LogP contribution in [-0.4, -0.2) is 52.1 Å². The number of hydrogen-bond donors (Lipinski definition) is 2. The van der Waals surface area contributed by atoms with Gasteiger partial charge in [-0.15, -0.1) is 0 Å². The number of fused-ring (bicyclic) bond motifs is 1. The zero-order valence-electron chi connectivity index (χ0n) is 18.8. The molecule has 7 nitrogen and oxygen atoms in total. The number of rotatable bonds is 7. The van der Waals surface area contributed by atoms with Gasteiger partial charge in [-0.2, -0.15) is 0 Å². The zero-order valence-corrected chi connectivity index (χ0v) is 19.6. The number of unbranched alkanes of at least 4 members (excludes halogenated alkanes) is 1. The molecule has 4 rings (SSSR count). The number of urea groups is 1. The van der Waals surface area contributed by atoms with Crippen molar-refractivity contribution < 1.29 is 13.2 Å². The van der Waals surface area contributed by atoms with Crippen LogP contribution >= 0.6 is 0 Å². The minimum atomic E-state index is -3.68. The van der Waals surface area contributed by atoms with Crippen molar-refractivity contribution >= 4 is 38.2 Å². The molecule has 0 unspecified atom stereocenters. The SMILES string of the molecule is CCCCNC(=O)N1CCN(c2ccc(NS(=O)(=O)c3ccc4ccccc4c3)cc2)CC1. The highest BCUT2D eigenvalue weighted by atomic mass is 32.2. The number of piperazine rings is 1. The third-order valence-corrected chi connectivity index (χ3v) is 7.27. The van der Waals surface area contributed by atoms with E-state index in [0.717, 1.165) is 42.4 Å². The van der Waals surface area contributed by atoms with Gasteiger partial charge in [0.2, 0.25) is 0 Å². The van der Waals surface area contributed by atoms with Gasteiger partial charge in [0.25, 0.3) is 10.0 Å². The number of sulfonamides is 1. The topological polar surface area (TPSA) is 81.8 Å². The van der Waals surface area contributed by atoms with Gasteiger partial charge in [0.15, 0.2) is 0 Å². The molecule has 33 heavy (non-hydrogen) atoms. The van der Waals surface area contributed by atoms with Crippen LogP contribution in [0, 0.1) is 0 Å². The molecule has 0 atom stereocenters. The van der Waals surface area contributed by atoms with Crippen molar-refractivity contribution in [1.82, 2.24) is 10.2 Å². The summed E-state index contributed by atoms with van der Waals surface area (Å²) in [6.07, 6.45) is 2.05. The lowest BCUT2D eigenvalue weighted by Crippen LogP contribution is -2.52. The van der Waals surface area contributed by atoms with E-state index in [-0.39, 0.29) is 10.9 Å². The summed E-state index contributed by atoms with van der Waals surface area (Å²) >= 11 is 0. The Morgan fingerprint density at radius 1 is 0.909 bits per heavy atom. The van der Waals surface area contributed by atoms with Crippen molar-refractivity contribution in [3.05, 3.63) is 66.7 Å². The quantitative estimate of drug-likeness (QED) is 0.510. The van der Waals surface area contributed by atoms with Crippen molar-refractivity contribution in [1.29, 1.82) is 0 Å². The second-order valence-corrected chi connectivity index (χ2v) is 9.90. The van der Waals surface area contributed by atoms with Crippen LogP contribution in [0.15, 0.2) is 71.6 Å². The molecule has 1 fully saturated rings. The highest BCUT2D eigenvalue weighted by molar-refractivity contribution is 7.92. The molecule has 174 valence electrons. The van der Waals surface area contributed by atoms with Crippen LogP contribution in [0.1, 0.15) is 19.8 Å². The van der Waals surface area contributed by atoms with E-state index >= 15 is 0 Å². The van der Waals surface area contributed by atoms with Gasteiger partial charge in [-0.25, -0.2) is 13.2 Å². The van der Waals surface area contributed by atoms with E-state index < -0.39 is 10.0 Å². The molecule has 0 aliphatic carbocycles. The lowest BCUT2D eigenvalue weighted by molar-refractivity contribution is 0.194. The minimum absolute atomic E-state index is 0.00143. The van der Waals surface area contributed by atoms with Crippen LogP contribution in [0.2, 0.25) is 0 Å². The maximum Gasteiger partial charge on any atom is 0.317 e. The first-order valence-electron chi connectivity index (χ1n) is 11.4. The second-order valence-electron chi connectivity index (χ2n) is 8.22. The van der Waals surface area contributed by atoms with Crippen LogP contribution in [-0.2, 0) is 10.0 Å². The molecule has 2 amide bonds. The molecule has 1 saturated heterocycles. The fourth-order valence-electron chi connectivity index (χ4n) is 3.94. The maximum absolute atomic E-state index is 12.9. The van der Waals surface area contributed by atoms with Gasteiger partial charge in [0.05, 0.1) is 4.90 Å². The second kappa shape index (κ2) is 10.1. The Bertz CT molecular complexity index is 1200. The Morgan fingerprint density at radius 3 is 2.30 bits per heavy atom. The molecule has 8 heteroatoms. The Morgan fingerprint density at radius 2 is 1.61 bits per heavy atom. The summed E-state index contributed by atoms with van der Waals surface area (Å²) in [7, 11) is -3.68. The van der Waals surface area contributed by atoms with Gasteiger partial charge >= 0.3 is 6.03 Å². The Balaban J connectivity index is 1.36. The van der Waals surface area contributed by atoms with Crippen LogP contribution in [0.4, 0.5) is 16.2 Å². The Kier molecular flexibility index (Phi) is 7.03. The van der Waals surface area contributed by atoms with E-state index in [0.29, 0.717) is 25.3 Å². The summed E-state index contributed by atoms with van der Waals surface area (Å²) in [6.45, 7) is 5.62. The molecule has 0 aromatic heterocycles. The zero-order chi connectivity index (χ0) is 23.3. The largest absolute Gasteiger partial charge is 0.368 e. The number of hydrogen-bond acceptors (Lipinski definition) is 4. The third kappa shape index (κ3) is 5.57. The molecule has 0 spiro atoms. The number of amides is 2. The number of carbonyl (C=O) groups is 1. The molecule has 0 radical (unpaired) electrons. The van der Waals surface area contributed by atoms with Gasteiger partial charge < -0.3 is 15.1 Å². The monoisotopic (exact) mass is 466 g/mol. The van der Waals surface area contributed by atoms with E-state index in [9.17, 15) is 13.2 Å². The highest BCUT2D eigenvalue weighted by Crippen LogP contribution is 2.24. The van der Waals surface area contributed by atoms with Crippen molar-refractivity contribution in [3.8, 4) is 0 Å². The average molecular weight is 467 g/mol. The Labute approximate surface area is 195 Å². The average Bonchev–Trinajstić information content (AvgIpc) is 2.84. The molecule has 1 aliphatic rings. The molecule has 1 aliphatic heterocycles. The third-order valence-electron chi connectivity index (χ3n) is 5.89. The van der Waals surface area contributed by atoms with Crippen molar-refractivity contribution in [3.63, 3.8) is 0 Å². The lowest BCUT2D eigenvalue weighted by Gasteiger charge is -2.36. The van der Waals surface area contributed by atoms with E-state index in [1.165, 1.54) is 0 Å². The van der Waals surface area contributed by atoms with Crippen molar-refractivity contribution in [2.24, 2.45) is 0 Å². The maximum atomic E-state index is 12.9. The summed E-state index contributed by atoms with van der Waals surface area (Å²) in [4.78, 5) is 16.5. The molecule has 3 aromatic carbocycles. The van der Waals surface area contributed by atoms with Crippen LogP contribution in [0.25, 0.3) is 10.8 Å². The first kappa shape index (κ1) is 22.9. The predicted molar refractivity (Wildman–Crippen MR) is 133 cm³/mol. The summed E-state index contributed by atoms with van der Waals surface area (Å²) in [6, 6.07) is 20.2. The summed E-state index contributed by atoms with van der Waals surface area (Å²) in [5.74, 6) is 0. The van der Waals surface area contributed by atoms with E-state index in [4.69, 9.17) is 0 Å². The van der Waals surface area contributed by atoms with E-state index in [2.05, 4.69) is 21.9 Å². The highest BCUT2D eigenvalue weighted by Gasteiger charge is 2.21. The van der Waals surface area contributed by atoms with E-state index in [1.807, 2.05) is 47.4 Å². The minimum Gasteiger partial charge on any atom is -0.368 e. The van der Waals surface area contributed by atoms with Gasteiger partial charge in [0, 0.05) is 44.1 Å². The molecule has 0 bridgehead atoms. The molecular formula is C25H30N4O3S. The first-order valence-corrected chi connectivity index (χ1v) is 12.8. The molecular weight excluding hydrogens is 436 g/mol. The van der Waals surface area contributed by atoms with Crippen molar-refractivity contribution in [2.75, 3.05) is 42.3 Å². The predicted octanol–water partition coefficient (Wildman–Crippen LogP) is 4.27. The summed E-state index contributed by atoms with van der Waals surface area (Å²) in [5, 5.41) is 4.85. The normalized spacial score (nSPS) is 14.3. The van der Waals surface area contributed by atoms with Crippen LogP contribution < -0.4 is 14.9 Å². The summed E-state index contributed by atoms with van der Waals surface area (Å²) < 4.78 is 28.4. The van der Waals surface area contributed by atoms with Gasteiger partial charge in [-0.1, -0.05) is 43.7 Å². The number of benzene rings is 3. The van der Waals surface area contributed by atoms with Crippen molar-refractivity contribution in [2.45, 2.75) is 24.7 Å². The standard InChI is InChI=1S/C25H30N4O3S/c1-2-3-14-26-25(30)29-17-15-28(16-18-29)23-11-9-22(10-12-23)27-33(31,32)24-13-8-20-6-4-5-7-21(20)19-24/h4-13,19,27H,2-3,14-18H2,1H3,(H,26,30). The number of anilines is 2. The number of carbonyl (C=O) groups excluding carboxylic acids is 1. The smallest absolute Gasteiger partial charge is 0.317 e. The summed E-state index contributed by atoms with van der Waals surface area (Å²) in [5.41, 5.74) is 1.52. The van der Waals surface area contributed by atoms with Gasteiger partial charge in [-0.3, -0.25) is 4.72 Å². The molecule has 2 N–H and O–H groups in total. The molecule has 0 saturated carbocycles. The fourth-order valence-corrected chi connectivity index (χ4v) is 5.03. The van der Waals surface area contributed by atoms with Gasteiger partial charge in [-0.05, 0) is 53.6 Å².